The Morgan fingerprint density at radius 2 is 2.08 bits per heavy atom. The fourth-order valence-corrected chi connectivity index (χ4v) is 2.66. The summed E-state index contributed by atoms with van der Waals surface area (Å²) in [5.41, 5.74) is 1.72. The maximum atomic E-state index is 12.3. The van der Waals surface area contributed by atoms with Crippen LogP contribution in [0.2, 0.25) is 5.02 Å². The van der Waals surface area contributed by atoms with Crippen molar-refractivity contribution >= 4 is 35.2 Å². The van der Waals surface area contributed by atoms with Crippen LogP contribution in [0.15, 0.2) is 48.5 Å². The van der Waals surface area contributed by atoms with Gasteiger partial charge < -0.3 is 15.0 Å². The number of amides is 2. The van der Waals surface area contributed by atoms with Crippen LogP contribution in [0, 0.1) is 0 Å². The Hall–Kier alpha value is -2.79. The predicted molar refractivity (Wildman–Crippen MR) is 98.0 cm³/mol. The van der Waals surface area contributed by atoms with Crippen molar-refractivity contribution in [3.05, 3.63) is 64.7 Å². The molecule has 1 N–H and O–H groups in total. The summed E-state index contributed by atoms with van der Waals surface area (Å²) in [5, 5.41) is 3.31. The van der Waals surface area contributed by atoms with Crippen molar-refractivity contribution in [2.45, 2.75) is 0 Å². The summed E-state index contributed by atoms with van der Waals surface area (Å²) >= 11 is 6.05. The average Bonchev–Trinajstić information content (AvgIpc) is 2.74. The first-order valence-electron chi connectivity index (χ1n) is 7.80. The topological polar surface area (TPSA) is 58.6 Å². The molecule has 0 aliphatic carbocycles. The highest BCUT2D eigenvalue weighted by molar-refractivity contribution is 6.32. The molecule has 1 heterocycles. The van der Waals surface area contributed by atoms with Crippen LogP contribution in [0.1, 0.15) is 15.9 Å². The third-order valence-electron chi connectivity index (χ3n) is 3.83. The molecule has 0 aromatic heterocycles. The van der Waals surface area contributed by atoms with Crippen molar-refractivity contribution in [2.75, 3.05) is 25.5 Å². The molecule has 0 radical (unpaired) electrons. The van der Waals surface area contributed by atoms with Crippen LogP contribution in [0.4, 0.5) is 5.69 Å². The van der Waals surface area contributed by atoms with Crippen molar-refractivity contribution < 1.29 is 14.3 Å². The molecule has 0 spiro atoms. The van der Waals surface area contributed by atoms with Gasteiger partial charge in [0.05, 0.1) is 12.1 Å². The first-order valence-corrected chi connectivity index (χ1v) is 8.18. The molecule has 0 fully saturated rings. The molecule has 1 aliphatic rings. The summed E-state index contributed by atoms with van der Waals surface area (Å²) in [6.07, 6.45) is 3.04. The minimum atomic E-state index is -0.310. The molecule has 2 aromatic carbocycles. The van der Waals surface area contributed by atoms with E-state index in [1.165, 1.54) is 6.08 Å². The standard InChI is InChI=1S/C19H17ClN2O3/c1-22-10-11-25-17-8-7-14(12-15(17)19(22)24)21-18(23)9-6-13-4-2-3-5-16(13)20/h2-9,12H,10-11H2,1H3,(H,21,23). The number of halogens is 1. The van der Waals surface area contributed by atoms with E-state index in [2.05, 4.69) is 5.32 Å². The highest BCUT2D eigenvalue weighted by Gasteiger charge is 2.21. The maximum absolute atomic E-state index is 12.3. The number of likely N-dealkylation sites (N-methyl/N-ethyl adjacent to an activating group) is 1. The lowest BCUT2D eigenvalue weighted by Gasteiger charge is -2.13. The molecule has 0 unspecified atom stereocenters. The normalized spacial score (nSPS) is 14.0. The van der Waals surface area contributed by atoms with Gasteiger partial charge in [-0.15, -0.1) is 0 Å². The number of anilines is 1. The summed E-state index contributed by atoms with van der Waals surface area (Å²) in [6, 6.07) is 12.3. The van der Waals surface area contributed by atoms with Gasteiger partial charge in [-0.25, -0.2) is 0 Å². The summed E-state index contributed by atoms with van der Waals surface area (Å²) in [5.74, 6) is 0.0874. The van der Waals surface area contributed by atoms with Crippen LogP contribution in [0.5, 0.6) is 5.75 Å². The van der Waals surface area contributed by atoms with E-state index < -0.39 is 0 Å². The third-order valence-corrected chi connectivity index (χ3v) is 4.17. The molecule has 5 nitrogen and oxygen atoms in total. The Bertz CT molecular complexity index is 848. The number of carbonyl (C=O) groups is 2. The van der Waals surface area contributed by atoms with E-state index in [0.717, 1.165) is 5.56 Å². The first kappa shape index (κ1) is 17.0. The predicted octanol–water partition coefficient (Wildman–Crippen LogP) is 3.46. The van der Waals surface area contributed by atoms with E-state index in [1.807, 2.05) is 18.2 Å². The van der Waals surface area contributed by atoms with Gasteiger partial charge in [0.1, 0.15) is 12.4 Å². The Morgan fingerprint density at radius 3 is 2.88 bits per heavy atom. The van der Waals surface area contributed by atoms with E-state index in [9.17, 15) is 9.59 Å². The molecular weight excluding hydrogens is 340 g/mol. The van der Waals surface area contributed by atoms with Crippen LogP contribution in [0.3, 0.4) is 0 Å². The minimum absolute atomic E-state index is 0.129. The van der Waals surface area contributed by atoms with Gasteiger partial charge in [0.25, 0.3) is 5.91 Å². The molecular formula is C19H17ClN2O3. The molecule has 0 saturated heterocycles. The third kappa shape index (κ3) is 4.00. The molecule has 0 saturated carbocycles. The van der Waals surface area contributed by atoms with Crippen LogP contribution in [-0.2, 0) is 4.79 Å². The van der Waals surface area contributed by atoms with Crippen LogP contribution >= 0.6 is 11.6 Å². The van der Waals surface area contributed by atoms with Crippen molar-refractivity contribution in [3.63, 3.8) is 0 Å². The van der Waals surface area contributed by atoms with Crippen LogP contribution in [0.25, 0.3) is 6.08 Å². The zero-order valence-corrected chi connectivity index (χ0v) is 14.4. The summed E-state index contributed by atoms with van der Waals surface area (Å²) < 4.78 is 5.56. The number of carbonyl (C=O) groups excluding carboxylic acids is 2. The average molecular weight is 357 g/mol. The Labute approximate surface area is 150 Å². The molecule has 2 amide bonds. The van der Waals surface area contributed by atoms with Gasteiger partial charge in [0.15, 0.2) is 0 Å². The Balaban J connectivity index is 1.75. The number of ether oxygens (including phenoxy) is 1. The number of hydrogen-bond acceptors (Lipinski definition) is 3. The number of benzene rings is 2. The molecule has 0 atom stereocenters. The van der Waals surface area contributed by atoms with Crippen LogP contribution in [-0.4, -0.2) is 36.9 Å². The van der Waals surface area contributed by atoms with Gasteiger partial charge in [-0.3, -0.25) is 9.59 Å². The molecule has 128 valence electrons. The van der Waals surface area contributed by atoms with Crippen molar-refractivity contribution in [1.29, 1.82) is 0 Å². The van der Waals surface area contributed by atoms with Crippen molar-refractivity contribution in [1.82, 2.24) is 4.90 Å². The second kappa shape index (κ2) is 7.40. The smallest absolute Gasteiger partial charge is 0.257 e. The van der Waals surface area contributed by atoms with E-state index >= 15 is 0 Å². The number of hydrogen-bond donors (Lipinski definition) is 1. The van der Waals surface area contributed by atoms with Gasteiger partial charge >= 0.3 is 0 Å². The number of fused-ring (bicyclic) bond motifs is 1. The van der Waals surface area contributed by atoms with Gasteiger partial charge in [0.2, 0.25) is 5.91 Å². The second-order valence-corrected chi connectivity index (χ2v) is 6.04. The monoisotopic (exact) mass is 356 g/mol. The summed E-state index contributed by atoms with van der Waals surface area (Å²) in [6.45, 7) is 0.970. The largest absolute Gasteiger partial charge is 0.491 e. The minimum Gasteiger partial charge on any atom is -0.491 e. The van der Waals surface area contributed by atoms with Gasteiger partial charge in [0, 0.05) is 23.8 Å². The highest BCUT2D eigenvalue weighted by Crippen LogP contribution is 2.26. The van der Waals surface area contributed by atoms with Crippen molar-refractivity contribution in [2.24, 2.45) is 0 Å². The maximum Gasteiger partial charge on any atom is 0.257 e. The molecule has 1 aliphatic heterocycles. The number of nitrogens with zero attached hydrogens (tertiary/aromatic N) is 1. The second-order valence-electron chi connectivity index (χ2n) is 5.63. The zero-order chi connectivity index (χ0) is 17.8. The quantitative estimate of drug-likeness (QED) is 0.857. The van der Waals surface area contributed by atoms with E-state index in [4.69, 9.17) is 16.3 Å². The molecule has 2 aromatic rings. The fraction of sp³-hybridized carbons (Fsp3) is 0.158. The van der Waals surface area contributed by atoms with Gasteiger partial charge in [-0.2, -0.15) is 0 Å². The van der Waals surface area contributed by atoms with Gasteiger partial charge in [-0.1, -0.05) is 29.8 Å². The zero-order valence-electron chi connectivity index (χ0n) is 13.7. The molecule has 6 heteroatoms. The lowest BCUT2D eigenvalue weighted by Crippen LogP contribution is -2.27. The molecule has 3 rings (SSSR count). The van der Waals surface area contributed by atoms with Crippen molar-refractivity contribution in [3.8, 4) is 5.75 Å². The fourth-order valence-electron chi connectivity index (χ4n) is 2.46. The SMILES string of the molecule is CN1CCOc2ccc(NC(=O)C=Cc3ccccc3Cl)cc2C1=O. The summed E-state index contributed by atoms with van der Waals surface area (Å²) in [4.78, 5) is 26.0. The number of nitrogens with one attached hydrogen (secondary N) is 1. The van der Waals surface area contributed by atoms with E-state index in [0.29, 0.717) is 35.2 Å². The lowest BCUT2D eigenvalue weighted by atomic mass is 10.1. The Kier molecular flexibility index (Phi) is 5.05. The summed E-state index contributed by atoms with van der Waals surface area (Å²) in [7, 11) is 1.72. The lowest BCUT2D eigenvalue weighted by molar-refractivity contribution is -0.111. The van der Waals surface area contributed by atoms with E-state index in [1.54, 1.807) is 42.3 Å². The molecule has 25 heavy (non-hydrogen) atoms. The number of rotatable bonds is 3. The first-order chi connectivity index (χ1) is 12.0. The highest BCUT2D eigenvalue weighted by atomic mass is 35.5. The van der Waals surface area contributed by atoms with Crippen LogP contribution < -0.4 is 10.1 Å². The Morgan fingerprint density at radius 1 is 1.28 bits per heavy atom. The van der Waals surface area contributed by atoms with E-state index in [-0.39, 0.29) is 11.8 Å². The van der Waals surface area contributed by atoms with Gasteiger partial charge in [-0.05, 0) is 35.9 Å². The molecule has 0 bridgehead atoms.